The molecule has 0 unspecified atom stereocenters. The molecule has 1 fully saturated rings. The number of hydrogen-bond donors (Lipinski definition) is 0. The number of hydrogen-bond acceptors (Lipinski definition) is 5. The molecule has 0 aromatic heterocycles. The first-order chi connectivity index (χ1) is 13.0. The maximum absolute atomic E-state index is 13.1. The summed E-state index contributed by atoms with van der Waals surface area (Å²) in [5.74, 6) is -0.315. The molecule has 1 heterocycles. The molecular formula is C21H38ClNO5Si. The summed E-state index contributed by atoms with van der Waals surface area (Å²) in [5, 5.41) is -0.000000433. The first kappa shape index (κ1) is 26.0. The lowest BCUT2D eigenvalue weighted by Crippen LogP contribution is -2.55. The van der Waals surface area contributed by atoms with Crippen LogP contribution in [0.15, 0.2) is 12.2 Å². The maximum Gasteiger partial charge on any atom is 0.411 e. The molecule has 0 aliphatic carbocycles. The Morgan fingerprint density at radius 2 is 1.76 bits per heavy atom. The maximum atomic E-state index is 13.1. The van der Waals surface area contributed by atoms with Crippen molar-refractivity contribution < 1.29 is 23.5 Å². The van der Waals surface area contributed by atoms with E-state index in [1.807, 2.05) is 0 Å². The van der Waals surface area contributed by atoms with Gasteiger partial charge in [0.05, 0.1) is 19.8 Å². The highest BCUT2D eigenvalue weighted by molar-refractivity contribution is 6.74. The Kier molecular flexibility index (Phi) is 8.05. The van der Waals surface area contributed by atoms with Crippen LogP contribution in [0.5, 0.6) is 0 Å². The van der Waals surface area contributed by atoms with Crippen molar-refractivity contribution >= 4 is 32.0 Å². The van der Waals surface area contributed by atoms with Gasteiger partial charge in [-0.2, -0.15) is 0 Å². The molecule has 1 aliphatic rings. The average Bonchev–Trinajstić information content (AvgIpc) is 2.89. The minimum atomic E-state index is -2.12. The van der Waals surface area contributed by atoms with E-state index >= 15 is 0 Å². The monoisotopic (exact) mass is 447 g/mol. The van der Waals surface area contributed by atoms with Crippen molar-refractivity contribution in [1.82, 2.24) is 4.90 Å². The zero-order chi connectivity index (χ0) is 22.8. The van der Waals surface area contributed by atoms with Crippen molar-refractivity contribution in [2.75, 3.05) is 19.5 Å². The zero-order valence-corrected chi connectivity index (χ0v) is 21.2. The number of carbonyl (C=O) groups excluding carboxylic acids is 2. The third kappa shape index (κ3) is 6.21. The smallest absolute Gasteiger partial charge is 0.411 e. The Balaban J connectivity index is 3.35. The van der Waals surface area contributed by atoms with Crippen LogP contribution in [-0.2, 0) is 18.7 Å². The molecule has 29 heavy (non-hydrogen) atoms. The normalized spacial score (nSPS) is 23.1. The van der Waals surface area contributed by atoms with Crippen LogP contribution in [-0.4, -0.2) is 62.1 Å². The quantitative estimate of drug-likeness (QED) is 0.245. The molecule has 1 rings (SSSR count). The van der Waals surface area contributed by atoms with Crippen LogP contribution in [0.3, 0.4) is 0 Å². The van der Waals surface area contributed by atoms with Gasteiger partial charge in [0, 0.05) is 18.7 Å². The molecule has 6 nitrogen and oxygen atoms in total. The fraction of sp³-hybridized carbons (Fsp3) is 0.810. The molecule has 0 N–H and O–H groups in total. The van der Waals surface area contributed by atoms with Gasteiger partial charge >= 0.3 is 12.1 Å². The van der Waals surface area contributed by atoms with Crippen molar-refractivity contribution in [1.29, 1.82) is 0 Å². The van der Waals surface area contributed by atoms with Gasteiger partial charge in [0.15, 0.2) is 8.32 Å². The number of carbonyl (C=O) groups is 2. The number of likely N-dealkylation sites (tertiary alicyclic amines) is 1. The molecular weight excluding hydrogens is 410 g/mol. The Morgan fingerprint density at radius 1 is 1.21 bits per heavy atom. The topological polar surface area (TPSA) is 65.1 Å². The van der Waals surface area contributed by atoms with Gasteiger partial charge in [-0.25, -0.2) is 9.59 Å². The molecule has 0 bridgehead atoms. The van der Waals surface area contributed by atoms with Crippen molar-refractivity contribution in [3.05, 3.63) is 12.2 Å². The standard InChI is InChI=1S/C21H38ClNO5Si/c1-15(13-22)11-21(17(24)26-8)12-16(28-29(9,10)20(5,6)7)14-23(21)18(25)27-19(2,3)4/h16H,1,11-14H2,2-10H3/t16-,21+/m0/s1. The van der Waals surface area contributed by atoms with Gasteiger partial charge < -0.3 is 13.9 Å². The summed E-state index contributed by atoms with van der Waals surface area (Å²) in [6.07, 6.45) is -0.335. The van der Waals surface area contributed by atoms with Gasteiger partial charge in [0.25, 0.3) is 0 Å². The van der Waals surface area contributed by atoms with E-state index in [1.165, 1.54) is 12.0 Å². The Labute approximate surface area is 182 Å². The van der Waals surface area contributed by atoms with Crippen LogP contribution in [0.4, 0.5) is 4.79 Å². The number of methoxy groups -OCH3 is 1. The van der Waals surface area contributed by atoms with Crippen LogP contribution in [0, 0.1) is 0 Å². The van der Waals surface area contributed by atoms with Crippen molar-refractivity contribution in [2.24, 2.45) is 0 Å². The summed E-state index contributed by atoms with van der Waals surface area (Å²) in [5.41, 5.74) is -1.28. The van der Waals surface area contributed by atoms with E-state index in [9.17, 15) is 9.59 Å². The van der Waals surface area contributed by atoms with Crippen LogP contribution in [0.25, 0.3) is 0 Å². The summed E-state index contributed by atoms with van der Waals surface area (Å²) in [4.78, 5) is 27.5. The third-order valence-electron chi connectivity index (χ3n) is 5.65. The van der Waals surface area contributed by atoms with Gasteiger partial charge in [-0.15, -0.1) is 11.6 Å². The van der Waals surface area contributed by atoms with Gasteiger partial charge in [-0.1, -0.05) is 32.9 Å². The summed E-state index contributed by atoms with van der Waals surface area (Å²) in [7, 11) is -0.794. The number of alkyl halides is 1. The van der Waals surface area contributed by atoms with E-state index < -0.39 is 31.5 Å². The molecule has 1 aliphatic heterocycles. The Bertz CT molecular complexity index is 638. The second kappa shape index (κ2) is 8.98. The minimum absolute atomic E-state index is 0.000000433. The summed E-state index contributed by atoms with van der Waals surface area (Å²) in [6, 6.07) is 0. The summed E-state index contributed by atoms with van der Waals surface area (Å²) < 4.78 is 17.3. The van der Waals surface area contributed by atoms with Crippen LogP contribution < -0.4 is 0 Å². The number of rotatable bonds is 6. The second-order valence-corrected chi connectivity index (χ2v) is 15.4. The predicted octanol–water partition coefficient (Wildman–Crippen LogP) is 5.11. The van der Waals surface area contributed by atoms with E-state index in [-0.39, 0.29) is 30.0 Å². The van der Waals surface area contributed by atoms with E-state index in [2.05, 4.69) is 40.4 Å². The molecule has 168 valence electrons. The Morgan fingerprint density at radius 3 is 2.17 bits per heavy atom. The number of nitrogens with zero attached hydrogens (tertiary/aromatic N) is 1. The highest BCUT2D eigenvalue weighted by Crippen LogP contribution is 2.43. The fourth-order valence-corrected chi connectivity index (χ4v) is 4.69. The molecule has 8 heteroatoms. The highest BCUT2D eigenvalue weighted by atomic mass is 35.5. The fourth-order valence-electron chi connectivity index (χ4n) is 3.25. The van der Waals surface area contributed by atoms with Crippen molar-refractivity contribution in [2.45, 2.75) is 89.8 Å². The molecule has 0 aromatic carbocycles. The molecule has 0 radical (unpaired) electrons. The minimum Gasteiger partial charge on any atom is -0.467 e. The van der Waals surface area contributed by atoms with Crippen molar-refractivity contribution in [3.8, 4) is 0 Å². The SMILES string of the molecule is C=C(CCl)C[C@]1(C(=O)OC)C[C@H](O[Si](C)(C)C(C)(C)C)CN1C(=O)OC(C)(C)C. The Hall–Kier alpha value is -1.05. The van der Waals surface area contributed by atoms with Gasteiger partial charge in [-0.3, -0.25) is 4.90 Å². The lowest BCUT2D eigenvalue weighted by atomic mass is 9.88. The van der Waals surface area contributed by atoms with Crippen LogP contribution >= 0.6 is 11.6 Å². The molecule has 2 atom stereocenters. The van der Waals surface area contributed by atoms with E-state index in [0.717, 1.165) is 0 Å². The lowest BCUT2D eigenvalue weighted by Gasteiger charge is -2.38. The van der Waals surface area contributed by atoms with Gasteiger partial charge in [-0.05, 0) is 38.9 Å². The number of amides is 1. The third-order valence-corrected chi connectivity index (χ3v) is 10.6. The summed E-state index contributed by atoms with van der Waals surface area (Å²) >= 11 is 5.97. The molecule has 1 saturated heterocycles. The first-order valence-corrected chi connectivity index (χ1v) is 13.4. The number of ether oxygens (including phenoxy) is 2. The van der Waals surface area contributed by atoms with Crippen LogP contribution in [0.2, 0.25) is 18.1 Å². The van der Waals surface area contributed by atoms with E-state index in [4.69, 9.17) is 25.5 Å². The summed E-state index contributed by atoms with van der Waals surface area (Å²) in [6.45, 7) is 20.4. The largest absolute Gasteiger partial charge is 0.467 e. The molecule has 0 aromatic rings. The molecule has 0 saturated carbocycles. The molecule has 0 spiro atoms. The van der Waals surface area contributed by atoms with Gasteiger partial charge in [0.1, 0.15) is 11.1 Å². The van der Waals surface area contributed by atoms with E-state index in [0.29, 0.717) is 12.0 Å². The van der Waals surface area contributed by atoms with Crippen molar-refractivity contribution in [3.63, 3.8) is 0 Å². The highest BCUT2D eigenvalue weighted by Gasteiger charge is 2.57. The average molecular weight is 448 g/mol. The second-order valence-electron chi connectivity index (χ2n) is 10.4. The lowest BCUT2D eigenvalue weighted by molar-refractivity contribution is -0.153. The van der Waals surface area contributed by atoms with Gasteiger partial charge in [0.2, 0.25) is 0 Å². The van der Waals surface area contributed by atoms with Crippen LogP contribution in [0.1, 0.15) is 54.4 Å². The predicted molar refractivity (Wildman–Crippen MR) is 119 cm³/mol. The van der Waals surface area contributed by atoms with E-state index in [1.54, 1.807) is 20.8 Å². The zero-order valence-electron chi connectivity index (χ0n) is 19.5. The number of halogens is 1. The molecule has 1 amide bonds. The first-order valence-electron chi connectivity index (χ1n) is 9.98. The number of esters is 1.